The van der Waals surface area contributed by atoms with Crippen LogP contribution in [0.1, 0.15) is 11.3 Å². The molecule has 0 aliphatic heterocycles. The molecule has 3 aromatic rings. The maximum absolute atomic E-state index is 5.93. The van der Waals surface area contributed by atoms with Gasteiger partial charge in [-0.2, -0.15) is 0 Å². The number of hydrogen-bond donors (Lipinski definition) is 1. The molecule has 1 aromatic carbocycles. The molecule has 3 rings (SSSR count). The molecule has 0 atom stereocenters. The van der Waals surface area contributed by atoms with E-state index in [-0.39, 0.29) is 0 Å². The number of benzene rings is 1. The van der Waals surface area contributed by atoms with E-state index in [0.717, 1.165) is 28.2 Å². The number of aromatic nitrogens is 2. The quantitative estimate of drug-likeness (QED) is 0.790. The molecule has 108 valence electrons. The molecule has 0 radical (unpaired) electrons. The molecule has 0 aliphatic rings. The molecule has 21 heavy (non-hydrogen) atoms. The Kier molecular flexibility index (Phi) is 3.94. The summed E-state index contributed by atoms with van der Waals surface area (Å²) in [5.41, 5.74) is 9.10. The van der Waals surface area contributed by atoms with Crippen LogP contribution in [0, 0.1) is 0 Å². The summed E-state index contributed by atoms with van der Waals surface area (Å²) in [6, 6.07) is 14.2. The summed E-state index contributed by atoms with van der Waals surface area (Å²) in [5.74, 6) is 0.930. The van der Waals surface area contributed by atoms with Crippen molar-refractivity contribution in [3.8, 4) is 0 Å². The van der Waals surface area contributed by atoms with Gasteiger partial charge in [0.2, 0.25) is 0 Å². The monoisotopic (exact) mass is 344 g/mol. The fraction of sp³-hybridized carbons (Fsp3) is 0.188. The van der Waals surface area contributed by atoms with E-state index in [9.17, 15) is 0 Å². The zero-order valence-corrected chi connectivity index (χ0v) is 13.4. The highest BCUT2D eigenvalue weighted by atomic mass is 79.9. The number of nitrogens with zero attached hydrogens (tertiary/aromatic N) is 3. The van der Waals surface area contributed by atoms with Crippen LogP contribution in [-0.2, 0) is 13.1 Å². The van der Waals surface area contributed by atoms with E-state index in [1.165, 1.54) is 5.56 Å². The minimum Gasteiger partial charge on any atom is -0.354 e. The lowest BCUT2D eigenvalue weighted by Crippen LogP contribution is -2.19. The van der Waals surface area contributed by atoms with Crippen molar-refractivity contribution in [1.29, 1.82) is 0 Å². The van der Waals surface area contributed by atoms with Gasteiger partial charge in [0, 0.05) is 30.8 Å². The number of hydrogen-bond acceptors (Lipinski definition) is 3. The van der Waals surface area contributed by atoms with E-state index < -0.39 is 0 Å². The van der Waals surface area contributed by atoms with E-state index in [0.29, 0.717) is 6.54 Å². The third-order valence-electron chi connectivity index (χ3n) is 3.53. The fourth-order valence-corrected chi connectivity index (χ4v) is 2.90. The van der Waals surface area contributed by atoms with Gasteiger partial charge in [-0.05, 0) is 23.8 Å². The fourth-order valence-electron chi connectivity index (χ4n) is 2.49. The maximum atomic E-state index is 5.93. The molecule has 2 heterocycles. The molecular weight excluding hydrogens is 328 g/mol. The Morgan fingerprint density at radius 1 is 1.19 bits per heavy atom. The third-order valence-corrected chi connectivity index (χ3v) is 4.30. The molecule has 0 bridgehead atoms. The van der Waals surface area contributed by atoms with E-state index >= 15 is 0 Å². The van der Waals surface area contributed by atoms with Gasteiger partial charge in [0.05, 0.1) is 5.69 Å². The average molecular weight is 345 g/mol. The maximum Gasteiger partial charge on any atom is 0.152 e. The number of halogens is 1. The van der Waals surface area contributed by atoms with Gasteiger partial charge >= 0.3 is 0 Å². The van der Waals surface area contributed by atoms with Gasteiger partial charge in [-0.1, -0.05) is 40.2 Å². The first-order chi connectivity index (χ1) is 10.2. The van der Waals surface area contributed by atoms with Crippen molar-refractivity contribution in [3.05, 3.63) is 64.4 Å². The number of pyridine rings is 1. The minimum absolute atomic E-state index is 0.459. The zero-order chi connectivity index (χ0) is 14.8. The van der Waals surface area contributed by atoms with E-state index in [1.807, 2.05) is 48.0 Å². The Balaban J connectivity index is 1.98. The molecule has 5 heteroatoms. The lowest BCUT2D eigenvalue weighted by atomic mass is 10.2. The summed E-state index contributed by atoms with van der Waals surface area (Å²) in [6.07, 6.45) is 2.00. The van der Waals surface area contributed by atoms with Crippen LogP contribution in [0.3, 0.4) is 0 Å². The van der Waals surface area contributed by atoms with Crippen LogP contribution in [-0.4, -0.2) is 16.4 Å². The molecule has 0 spiro atoms. The lowest BCUT2D eigenvalue weighted by Gasteiger charge is -2.19. The highest BCUT2D eigenvalue weighted by molar-refractivity contribution is 9.10. The second kappa shape index (κ2) is 5.87. The predicted octanol–water partition coefficient (Wildman–Crippen LogP) is 3.19. The van der Waals surface area contributed by atoms with Gasteiger partial charge in [-0.25, -0.2) is 4.98 Å². The van der Waals surface area contributed by atoms with Gasteiger partial charge in [-0.15, -0.1) is 0 Å². The number of rotatable bonds is 4. The first-order valence-corrected chi connectivity index (χ1v) is 7.60. The van der Waals surface area contributed by atoms with Crippen molar-refractivity contribution in [2.75, 3.05) is 11.9 Å². The van der Waals surface area contributed by atoms with E-state index in [2.05, 4.69) is 33.0 Å². The topological polar surface area (TPSA) is 46.6 Å². The van der Waals surface area contributed by atoms with Gasteiger partial charge < -0.3 is 15.0 Å². The Hall–Kier alpha value is -1.85. The lowest BCUT2D eigenvalue weighted by molar-refractivity contribution is 0.870. The normalized spacial score (nSPS) is 11.0. The van der Waals surface area contributed by atoms with Crippen LogP contribution in [0.2, 0.25) is 0 Å². The van der Waals surface area contributed by atoms with Crippen LogP contribution >= 0.6 is 15.9 Å². The molecular formula is C16H17BrN4. The molecule has 0 saturated heterocycles. The smallest absolute Gasteiger partial charge is 0.152 e. The SMILES string of the molecule is CN(Cc1ccccc1Br)c1nc2ccccn2c1CN. The second-order valence-corrected chi connectivity index (χ2v) is 5.82. The third kappa shape index (κ3) is 2.66. The average Bonchev–Trinajstić information content (AvgIpc) is 2.88. The molecule has 0 amide bonds. The molecule has 0 saturated carbocycles. The number of anilines is 1. The van der Waals surface area contributed by atoms with Crippen LogP contribution < -0.4 is 10.6 Å². The number of imidazole rings is 1. The molecule has 0 aliphatic carbocycles. The van der Waals surface area contributed by atoms with E-state index in [1.54, 1.807) is 0 Å². The van der Waals surface area contributed by atoms with Crippen molar-refractivity contribution in [1.82, 2.24) is 9.38 Å². The van der Waals surface area contributed by atoms with Crippen LogP contribution in [0.5, 0.6) is 0 Å². The Morgan fingerprint density at radius 3 is 2.71 bits per heavy atom. The largest absolute Gasteiger partial charge is 0.354 e. The molecule has 2 N–H and O–H groups in total. The van der Waals surface area contributed by atoms with Crippen LogP contribution in [0.4, 0.5) is 5.82 Å². The first-order valence-electron chi connectivity index (χ1n) is 6.81. The Morgan fingerprint density at radius 2 is 1.95 bits per heavy atom. The summed E-state index contributed by atoms with van der Waals surface area (Å²) in [6.45, 7) is 1.24. The van der Waals surface area contributed by atoms with Gasteiger partial charge in [-0.3, -0.25) is 0 Å². The van der Waals surface area contributed by atoms with Crippen molar-refractivity contribution in [2.24, 2.45) is 5.73 Å². The zero-order valence-electron chi connectivity index (χ0n) is 11.8. The molecule has 2 aromatic heterocycles. The highest BCUT2D eigenvalue weighted by Crippen LogP contribution is 2.24. The summed E-state index contributed by atoms with van der Waals surface area (Å²) < 4.78 is 3.15. The minimum atomic E-state index is 0.459. The van der Waals surface area contributed by atoms with Crippen LogP contribution in [0.25, 0.3) is 5.65 Å². The molecule has 4 nitrogen and oxygen atoms in total. The first kappa shape index (κ1) is 14.1. The number of nitrogens with two attached hydrogens (primary N) is 1. The van der Waals surface area contributed by atoms with Gasteiger partial charge in [0.25, 0.3) is 0 Å². The van der Waals surface area contributed by atoms with Crippen molar-refractivity contribution in [3.63, 3.8) is 0 Å². The Labute approximate surface area is 132 Å². The molecule has 0 fully saturated rings. The Bertz CT molecular complexity index is 766. The van der Waals surface area contributed by atoms with Crippen LogP contribution in [0.15, 0.2) is 53.1 Å². The molecule has 0 unspecified atom stereocenters. The van der Waals surface area contributed by atoms with Crippen molar-refractivity contribution < 1.29 is 0 Å². The highest BCUT2D eigenvalue weighted by Gasteiger charge is 2.15. The predicted molar refractivity (Wildman–Crippen MR) is 89.3 cm³/mol. The van der Waals surface area contributed by atoms with Crippen molar-refractivity contribution in [2.45, 2.75) is 13.1 Å². The van der Waals surface area contributed by atoms with E-state index in [4.69, 9.17) is 10.7 Å². The standard InChI is InChI=1S/C16H17BrN4/c1-20(11-12-6-2-3-7-13(12)17)16-14(10-18)21-9-5-4-8-15(21)19-16/h2-9H,10-11,18H2,1H3. The summed E-state index contributed by atoms with van der Waals surface area (Å²) in [4.78, 5) is 6.84. The summed E-state index contributed by atoms with van der Waals surface area (Å²) >= 11 is 3.59. The van der Waals surface area contributed by atoms with Gasteiger partial charge in [0.15, 0.2) is 5.82 Å². The number of fused-ring (bicyclic) bond motifs is 1. The second-order valence-electron chi connectivity index (χ2n) is 4.96. The summed E-state index contributed by atoms with van der Waals surface area (Å²) in [7, 11) is 2.04. The van der Waals surface area contributed by atoms with Gasteiger partial charge in [0.1, 0.15) is 5.65 Å². The van der Waals surface area contributed by atoms with Crippen molar-refractivity contribution >= 4 is 27.4 Å². The summed E-state index contributed by atoms with van der Waals surface area (Å²) in [5, 5.41) is 0.